The van der Waals surface area contributed by atoms with Crippen molar-refractivity contribution < 1.29 is 22.0 Å². The molecule has 5 nitrogen and oxygen atoms in total. The summed E-state index contributed by atoms with van der Waals surface area (Å²) < 4.78 is 55.0. The molecule has 0 bridgehead atoms. The van der Waals surface area contributed by atoms with E-state index < -0.39 is 27.2 Å². The first-order valence-electron chi connectivity index (χ1n) is 10.9. The molecule has 0 aromatic heterocycles. The number of hydrogen-bond donors (Lipinski definition) is 1. The maximum absolute atomic E-state index is 14.4. The van der Waals surface area contributed by atoms with Crippen molar-refractivity contribution in [3.63, 3.8) is 0 Å². The van der Waals surface area contributed by atoms with Crippen molar-refractivity contribution in [2.75, 3.05) is 19.3 Å². The Morgan fingerprint density at radius 1 is 1.06 bits per heavy atom. The molecule has 0 unspecified atom stereocenters. The minimum atomic E-state index is -3.34. The average Bonchev–Trinajstić information content (AvgIpc) is 3.51. The van der Waals surface area contributed by atoms with E-state index in [2.05, 4.69) is 4.72 Å². The van der Waals surface area contributed by atoms with Gasteiger partial charge in [-0.1, -0.05) is 30.3 Å². The quantitative estimate of drug-likeness (QED) is 0.729. The van der Waals surface area contributed by atoms with Gasteiger partial charge in [-0.05, 0) is 61.8 Å². The van der Waals surface area contributed by atoms with Gasteiger partial charge in [0.25, 0.3) is 0 Å². The lowest BCUT2D eigenvalue weighted by atomic mass is 9.94. The predicted molar refractivity (Wildman–Crippen MR) is 119 cm³/mol. The van der Waals surface area contributed by atoms with Crippen molar-refractivity contribution in [3.8, 4) is 11.1 Å². The Balaban J connectivity index is 1.50. The highest BCUT2D eigenvalue weighted by molar-refractivity contribution is 7.88. The Morgan fingerprint density at radius 3 is 2.44 bits per heavy atom. The van der Waals surface area contributed by atoms with Gasteiger partial charge in [-0.15, -0.1) is 0 Å². The highest BCUT2D eigenvalue weighted by Crippen LogP contribution is 2.51. The van der Waals surface area contributed by atoms with Gasteiger partial charge in [0.2, 0.25) is 15.9 Å². The van der Waals surface area contributed by atoms with Gasteiger partial charge < -0.3 is 4.90 Å². The number of amides is 1. The van der Waals surface area contributed by atoms with Crippen LogP contribution in [0.2, 0.25) is 0 Å². The molecule has 2 aliphatic rings. The lowest BCUT2D eigenvalue weighted by molar-refractivity contribution is -0.132. The molecule has 1 N–H and O–H groups in total. The summed E-state index contributed by atoms with van der Waals surface area (Å²) in [4.78, 5) is 15.0. The first-order chi connectivity index (χ1) is 15.1. The number of likely N-dealkylation sites (tertiary alicyclic amines) is 1. The van der Waals surface area contributed by atoms with Crippen molar-refractivity contribution in [2.24, 2.45) is 5.92 Å². The van der Waals surface area contributed by atoms with Gasteiger partial charge in [0, 0.05) is 24.5 Å². The maximum Gasteiger partial charge on any atom is 0.226 e. The van der Waals surface area contributed by atoms with Crippen LogP contribution in [0.15, 0.2) is 42.5 Å². The molecule has 0 spiro atoms. The zero-order valence-corrected chi connectivity index (χ0v) is 19.1. The lowest BCUT2D eigenvalue weighted by Gasteiger charge is -2.28. The Labute approximate surface area is 187 Å². The second-order valence-corrected chi connectivity index (χ2v) is 11.0. The number of sulfonamides is 1. The number of benzene rings is 2. The number of carbonyl (C=O) groups excluding carboxylic acids is 1. The van der Waals surface area contributed by atoms with E-state index in [0.29, 0.717) is 44.3 Å². The SMILES string of the molecule is C[C@@]1(NS(C)(=O)=O)CCCN(C(=O)[C@@H]2C[C@H]2c2ccccc2-c2c(F)cccc2F)CC1. The van der Waals surface area contributed by atoms with E-state index in [1.807, 2.05) is 24.0 Å². The van der Waals surface area contributed by atoms with Crippen LogP contribution in [-0.4, -0.2) is 44.1 Å². The molecule has 0 radical (unpaired) electrons. The Bertz CT molecular complexity index is 1120. The molecular formula is C24H28F2N2O3S. The third-order valence-electron chi connectivity index (χ3n) is 6.53. The van der Waals surface area contributed by atoms with Gasteiger partial charge >= 0.3 is 0 Å². The van der Waals surface area contributed by atoms with E-state index >= 15 is 0 Å². The van der Waals surface area contributed by atoms with Crippen molar-refractivity contribution in [1.29, 1.82) is 0 Å². The third kappa shape index (κ3) is 4.86. The summed E-state index contributed by atoms with van der Waals surface area (Å²) in [6.45, 7) is 2.93. The third-order valence-corrected chi connectivity index (χ3v) is 7.40. The fraction of sp³-hybridized carbons (Fsp3) is 0.458. The van der Waals surface area contributed by atoms with Crippen LogP contribution < -0.4 is 4.72 Å². The number of nitrogens with zero attached hydrogens (tertiary/aromatic N) is 1. The van der Waals surface area contributed by atoms with Crippen LogP contribution in [0.1, 0.15) is 44.1 Å². The van der Waals surface area contributed by atoms with Crippen LogP contribution in [0.3, 0.4) is 0 Å². The van der Waals surface area contributed by atoms with Crippen LogP contribution in [0.5, 0.6) is 0 Å². The van der Waals surface area contributed by atoms with Crippen LogP contribution in [-0.2, 0) is 14.8 Å². The molecule has 2 aromatic rings. The normalized spacial score (nSPS) is 25.9. The molecule has 4 rings (SSSR count). The van der Waals surface area contributed by atoms with Crippen LogP contribution >= 0.6 is 0 Å². The summed E-state index contributed by atoms with van der Waals surface area (Å²) in [5.41, 5.74) is 0.650. The number of halogens is 2. The lowest BCUT2D eigenvalue weighted by Crippen LogP contribution is -2.46. The molecule has 1 aliphatic carbocycles. The molecule has 3 atom stereocenters. The van der Waals surface area contributed by atoms with E-state index in [-0.39, 0.29) is 23.3 Å². The van der Waals surface area contributed by atoms with Crippen LogP contribution in [0, 0.1) is 17.6 Å². The van der Waals surface area contributed by atoms with Crippen molar-refractivity contribution in [3.05, 3.63) is 59.7 Å². The largest absolute Gasteiger partial charge is 0.342 e. The van der Waals surface area contributed by atoms with Crippen molar-refractivity contribution in [1.82, 2.24) is 9.62 Å². The zero-order valence-electron chi connectivity index (χ0n) is 18.3. The zero-order chi connectivity index (χ0) is 23.1. The number of hydrogen-bond acceptors (Lipinski definition) is 3. The monoisotopic (exact) mass is 462 g/mol. The smallest absolute Gasteiger partial charge is 0.226 e. The van der Waals surface area contributed by atoms with Gasteiger partial charge in [0.15, 0.2) is 0 Å². The molecule has 2 fully saturated rings. The summed E-state index contributed by atoms with van der Waals surface area (Å²) in [6, 6.07) is 10.9. The summed E-state index contributed by atoms with van der Waals surface area (Å²) in [5.74, 6) is -1.51. The van der Waals surface area contributed by atoms with E-state index in [1.165, 1.54) is 18.2 Å². The van der Waals surface area contributed by atoms with Gasteiger partial charge in [0.05, 0.1) is 11.8 Å². The Kier molecular flexibility index (Phi) is 6.11. The Hall–Kier alpha value is -2.32. The summed E-state index contributed by atoms with van der Waals surface area (Å²) in [7, 11) is -3.34. The fourth-order valence-corrected chi connectivity index (χ4v) is 6.00. The van der Waals surface area contributed by atoms with Gasteiger partial charge in [-0.2, -0.15) is 0 Å². The van der Waals surface area contributed by atoms with Crippen molar-refractivity contribution in [2.45, 2.75) is 44.1 Å². The predicted octanol–water partition coefficient (Wildman–Crippen LogP) is 4.06. The molecule has 172 valence electrons. The second kappa shape index (κ2) is 8.56. The highest BCUT2D eigenvalue weighted by Gasteiger charge is 2.47. The molecule has 1 saturated heterocycles. The highest BCUT2D eigenvalue weighted by atomic mass is 32.2. The molecule has 1 amide bonds. The van der Waals surface area contributed by atoms with E-state index in [4.69, 9.17) is 0 Å². The average molecular weight is 463 g/mol. The topological polar surface area (TPSA) is 66.5 Å². The van der Waals surface area contributed by atoms with Gasteiger partial charge in [0.1, 0.15) is 11.6 Å². The first-order valence-corrected chi connectivity index (χ1v) is 12.8. The maximum atomic E-state index is 14.4. The van der Waals surface area contributed by atoms with E-state index in [9.17, 15) is 22.0 Å². The molecule has 1 heterocycles. The summed E-state index contributed by atoms with van der Waals surface area (Å²) in [5, 5.41) is 0. The molecule has 1 saturated carbocycles. The molecular weight excluding hydrogens is 434 g/mol. The number of carbonyl (C=O) groups is 1. The van der Waals surface area contributed by atoms with Crippen LogP contribution in [0.25, 0.3) is 11.1 Å². The minimum absolute atomic E-state index is 0.0300. The van der Waals surface area contributed by atoms with E-state index in [0.717, 1.165) is 11.8 Å². The van der Waals surface area contributed by atoms with Crippen LogP contribution in [0.4, 0.5) is 8.78 Å². The molecule has 2 aromatic carbocycles. The first kappa shape index (κ1) is 22.9. The second-order valence-electron chi connectivity index (χ2n) is 9.25. The van der Waals surface area contributed by atoms with E-state index in [1.54, 1.807) is 12.1 Å². The minimum Gasteiger partial charge on any atom is -0.342 e. The summed E-state index contributed by atoms with van der Waals surface area (Å²) >= 11 is 0. The number of nitrogens with one attached hydrogen (secondary N) is 1. The van der Waals surface area contributed by atoms with Crippen molar-refractivity contribution >= 4 is 15.9 Å². The standard InChI is InChI=1S/C24H28F2N2O3S/c1-24(27-32(2,30)31)11-6-13-28(14-12-24)23(29)19-15-18(19)16-7-3-4-8-17(16)22-20(25)9-5-10-21(22)26/h3-5,7-10,18-19,27H,6,11-15H2,1-2H3/t18-,19+,24+/m0/s1. The van der Waals surface area contributed by atoms with Gasteiger partial charge in [-0.3, -0.25) is 4.79 Å². The molecule has 1 aliphatic heterocycles. The summed E-state index contributed by atoms with van der Waals surface area (Å²) in [6.07, 6.45) is 3.70. The number of rotatable bonds is 5. The molecule has 8 heteroatoms. The molecule has 32 heavy (non-hydrogen) atoms. The fourth-order valence-electron chi connectivity index (χ4n) is 4.90. The Morgan fingerprint density at radius 2 is 1.75 bits per heavy atom. The van der Waals surface area contributed by atoms with Gasteiger partial charge in [-0.25, -0.2) is 21.9 Å².